The first-order valence-corrected chi connectivity index (χ1v) is 6.91. The molecule has 0 atom stereocenters. The molecule has 2 aromatic rings. The third-order valence-electron chi connectivity index (χ3n) is 3.87. The van der Waals surface area contributed by atoms with E-state index in [9.17, 15) is 4.79 Å². The van der Waals surface area contributed by atoms with E-state index in [-0.39, 0.29) is 23.9 Å². The van der Waals surface area contributed by atoms with E-state index >= 15 is 0 Å². The van der Waals surface area contributed by atoms with Crippen LogP contribution in [-0.4, -0.2) is 34.5 Å². The van der Waals surface area contributed by atoms with Gasteiger partial charge in [0, 0.05) is 17.9 Å². The molecule has 0 aliphatic carbocycles. The number of para-hydroxylation sites is 1. The molecule has 1 aliphatic rings. The lowest BCUT2D eigenvalue weighted by Gasteiger charge is -2.35. The Kier molecular flexibility index (Phi) is 4.75. The summed E-state index contributed by atoms with van der Waals surface area (Å²) >= 11 is 0. The fourth-order valence-corrected chi connectivity index (χ4v) is 2.62. The highest BCUT2D eigenvalue weighted by atomic mass is 35.5. The zero-order valence-electron chi connectivity index (χ0n) is 11.9. The van der Waals surface area contributed by atoms with E-state index in [0.717, 1.165) is 31.4 Å². The van der Waals surface area contributed by atoms with Crippen LogP contribution in [0.3, 0.4) is 0 Å². The first-order valence-electron chi connectivity index (χ1n) is 6.91. The topological polar surface area (TPSA) is 66.9 Å². The van der Waals surface area contributed by atoms with Crippen LogP contribution < -0.4 is 10.6 Å². The van der Waals surface area contributed by atoms with Gasteiger partial charge in [-0.05, 0) is 45.0 Å². The van der Waals surface area contributed by atoms with Crippen molar-refractivity contribution in [1.29, 1.82) is 0 Å². The van der Waals surface area contributed by atoms with Crippen LogP contribution in [0.2, 0.25) is 0 Å². The second-order valence-corrected chi connectivity index (χ2v) is 5.49. The van der Waals surface area contributed by atoms with Gasteiger partial charge >= 0.3 is 0 Å². The Hall–Kier alpha value is -1.72. The summed E-state index contributed by atoms with van der Waals surface area (Å²) in [5.74, 6) is -0.0690. The summed E-state index contributed by atoms with van der Waals surface area (Å²) in [7, 11) is 0. The summed E-state index contributed by atoms with van der Waals surface area (Å²) < 4.78 is 0. The Morgan fingerprint density at radius 2 is 1.95 bits per heavy atom. The number of piperidine rings is 1. The maximum absolute atomic E-state index is 12.5. The van der Waals surface area contributed by atoms with Gasteiger partial charge in [0.05, 0.1) is 11.1 Å². The number of benzene rings is 1. The van der Waals surface area contributed by atoms with Crippen LogP contribution in [0.1, 0.15) is 30.1 Å². The molecule has 2 heterocycles. The molecular formula is C15H19ClN4O. The predicted molar refractivity (Wildman–Crippen MR) is 84.8 cm³/mol. The molecular weight excluding hydrogens is 288 g/mol. The van der Waals surface area contributed by atoms with E-state index in [0.29, 0.717) is 11.1 Å². The SMILES string of the molecule is CC1(NC(=O)c2cccc3nccnc23)CCNCC1.Cl. The summed E-state index contributed by atoms with van der Waals surface area (Å²) in [5.41, 5.74) is 1.85. The van der Waals surface area contributed by atoms with Gasteiger partial charge in [-0.1, -0.05) is 6.07 Å². The molecule has 6 heteroatoms. The maximum Gasteiger partial charge on any atom is 0.253 e. The number of halogens is 1. The lowest BCUT2D eigenvalue weighted by molar-refractivity contribution is 0.0889. The number of fused-ring (bicyclic) bond motifs is 1. The first-order chi connectivity index (χ1) is 9.68. The van der Waals surface area contributed by atoms with Crippen molar-refractivity contribution >= 4 is 29.3 Å². The first kappa shape index (κ1) is 15.7. The average Bonchev–Trinajstić information content (AvgIpc) is 2.47. The normalized spacial score (nSPS) is 17.0. The summed E-state index contributed by atoms with van der Waals surface area (Å²) in [6.07, 6.45) is 5.13. The standard InChI is InChI=1S/C15H18N4O.ClH/c1-15(5-7-16-8-6-15)19-14(20)11-3-2-4-12-13(11)18-10-9-17-12;/h2-4,9-10,16H,5-8H2,1H3,(H,19,20);1H. The molecule has 0 spiro atoms. The second kappa shape index (κ2) is 6.37. The van der Waals surface area contributed by atoms with Crippen molar-refractivity contribution in [2.75, 3.05) is 13.1 Å². The van der Waals surface area contributed by atoms with E-state index in [1.165, 1.54) is 0 Å². The highest BCUT2D eigenvalue weighted by molar-refractivity contribution is 6.04. The third-order valence-corrected chi connectivity index (χ3v) is 3.87. The van der Waals surface area contributed by atoms with Crippen LogP contribution in [0.4, 0.5) is 0 Å². The van der Waals surface area contributed by atoms with Gasteiger partial charge in [-0.2, -0.15) is 0 Å². The second-order valence-electron chi connectivity index (χ2n) is 5.49. The van der Waals surface area contributed by atoms with Gasteiger partial charge < -0.3 is 10.6 Å². The van der Waals surface area contributed by atoms with Crippen molar-refractivity contribution in [2.45, 2.75) is 25.3 Å². The number of nitrogens with one attached hydrogen (secondary N) is 2. The Bertz CT molecular complexity index is 635. The van der Waals surface area contributed by atoms with Gasteiger partial charge in [0.15, 0.2) is 0 Å². The summed E-state index contributed by atoms with van der Waals surface area (Å²) in [5, 5.41) is 6.47. The lowest BCUT2D eigenvalue weighted by atomic mass is 9.90. The zero-order valence-corrected chi connectivity index (χ0v) is 12.7. The molecule has 5 nitrogen and oxygen atoms in total. The predicted octanol–water partition coefficient (Wildman–Crippen LogP) is 1.92. The van der Waals surface area contributed by atoms with Gasteiger partial charge in [0.1, 0.15) is 5.52 Å². The van der Waals surface area contributed by atoms with Crippen molar-refractivity contribution < 1.29 is 4.79 Å². The van der Waals surface area contributed by atoms with Crippen molar-refractivity contribution in [3.8, 4) is 0 Å². The molecule has 21 heavy (non-hydrogen) atoms. The van der Waals surface area contributed by atoms with Crippen molar-refractivity contribution in [1.82, 2.24) is 20.6 Å². The molecule has 1 aromatic carbocycles. The van der Waals surface area contributed by atoms with Crippen LogP contribution in [0.5, 0.6) is 0 Å². The molecule has 1 fully saturated rings. The van der Waals surface area contributed by atoms with Crippen molar-refractivity contribution in [3.63, 3.8) is 0 Å². The van der Waals surface area contributed by atoms with Crippen LogP contribution >= 0.6 is 12.4 Å². The minimum Gasteiger partial charge on any atom is -0.347 e. The third kappa shape index (κ3) is 3.31. The van der Waals surface area contributed by atoms with E-state index in [2.05, 4.69) is 27.5 Å². The highest BCUT2D eigenvalue weighted by Crippen LogP contribution is 2.20. The summed E-state index contributed by atoms with van der Waals surface area (Å²) in [4.78, 5) is 21.1. The Labute approximate surface area is 130 Å². The molecule has 1 aromatic heterocycles. The number of amides is 1. The van der Waals surface area contributed by atoms with Gasteiger partial charge in [-0.25, -0.2) is 0 Å². The minimum absolute atomic E-state index is 0. The molecule has 1 aliphatic heterocycles. The summed E-state index contributed by atoms with van der Waals surface area (Å²) in [6.45, 7) is 3.97. The van der Waals surface area contributed by atoms with E-state index < -0.39 is 0 Å². The quantitative estimate of drug-likeness (QED) is 0.889. The Morgan fingerprint density at radius 1 is 1.24 bits per heavy atom. The molecule has 1 saturated heterocycles. The number of rotatable bonds is 2. The van der Waals surface area contributed by atoms with Crippen LogP contribution in [0.15, 0.2) is 30.6 Å². The molecule has 112 valence electrons. The van der Waals surface area contributed by atoms with Crippen LogP contribution in [0.25, 0.3) is 11.0 Å². The number of carbonyl (C=O) groups excluding carboxylic acids is 1. The zero-order chi connectivity index (χ0) is 14.0. The number of aromatic nitrogens is 2. The van der Waals surface area contributed by atoms with Gasteiger partial charge in [0.2, 0.25) is 0 Å². The monoisotopic (exact) mass is 306 g/mol. The van der Waals surface area contributed by atoms with Crippen LogP contribution in [-0.2, 0) is 0 Å². The lowest BCUT2D eigenvalue weighted by Crippen LogP contribution is -2.52. The number of hydrogen-bond acceptors (Lipinski definition) is 4. The van der Waals surface area contributed by atoms with Crippen molar-refractivity contribution in [3.05, 3.63) is 36.2 Å². The molecule has 0 bridgehead atoms. The van der Waals surface area contributed by atoms with Gasteiger partial charge in [0.25, 0.3) is 5.91 Å². The van der Waals surface area contributed by atoms with Gasteiger partial charge in [-0.15, -0.1) is 12.4 Å². The van der Waals surface area contributed by atoms with Crippen LogP contribution in [0, 0.1) is 0 Å². The minimum atomic E-state index is -0.146. The van der Waals surface area contributed by atoms with E-state index in [1.54, 1.807) is 18.5 Å². The molecule has 0 radical (unpaired) electrons. The fourth-order valence-electron chi connectivity index (χ4n) is 2.62. The van der Waals surface area contributed by atoms with E-state index in [1.807, 2.05) is 12.1 Å². The number of hydrogen-bond donors (Lipinski definition) is 2. The number of carbonyl (C=O) groups is 1. The fraction of sp³-hybridized carbons (Fsp3) is 0.400. The molecule has 3 rings (SSSR count). The Morgan fingerprint density at radius 3 is 2.71 bits per heavy atom. The highest BCUT2D eigenvalue weighted by Gasteiger charge is 2.29. The van der Waals surface area contributed by atoms with Crippen molar-refractivity contribution in [2.24, 2.45) is 0 Å². The Balaban J connectivity index is 0.00000161. The molecule has 1 amide bonds. The molecule has 0 saturated carbocycles. The maximum atomic E-state index is 12.5. The smallest absolute Gasteiger partial charge is 0.253 e. The largest absolute Gasteiger partial charge is 0.347 e. The molecule has 2 N–H and O–H groups in total. The van der Waals surface area contributed by atoms with E-state index in [4.69, 9.17) is 0 Å². The molecule has 0 unspecified atom stereocenters. The average molecular weight is 307 g/mol. The summed E-state index contributed by atoms with van der Waals surface area (Å²) in [6, 6.07) is 5.51. The number of nitrogens with zero attached hydrogens (tertiary/aromatic N) is 2. The van der Waals surface area contributed by atoms with Gasteiger partial charge in [-0.3, -0.25) is 14.8 Å².